The van der Waals surface area contributed by atoms with Gasteiger partial charge in [0.1, 0.15) is 4.88 Å². The second-order valence-electron chi connectivity index (χ2n) is 5.79. The lowest BCUT2D eigenvalue weighted by molar-refractivity contribution is -0.145. The SMILES string of the molecule is Cc1ncc(C(=O)N2CCC(C(=O)O)(c3ccccc3)CC2)s1. The van der Waals surface area contributed by atoms with Crippen LogP contribution >= 0.6 is 11.3 Å². The lowest BCUT2D eigenvalue weighted by Gasteiger charge is -2.39. The maximum absolute atomic E-state index is 12.5. The Morgan fingerprint density at radius 2 is 1.87 bits per heavy atom. The summed E-state index contributed by atoms with van der Waals surface area (Å²) in [5, 5.41) is 10.6. The van der Waals surface area contributed by atoms with E-state index in [1.54, 1.807) is 11.1 Å². The van der Waals surface area contributed by atoms with E-state index >= 15 is 0 Å². The van der Waals surface area contributed by atoms with Gasteiger partial charge in [-0.05, 0) is 25.3 Å². The first-order chi connectivity index (χ1) is 11.0. The second kappa shape index (κ2) is 6.12. The normalized spacial score (nSPS) is 17.0. The number of aryl methyl sites for hydroxylation is 1. The van der Waals surface area contributed by atoms with Crippen LogP contribution in [0.2, 0.25) is 0 Å². The Balaban J connectivity index is 1.78. The summed E-state index contributed by atoms with van der Waals surface area (Å²) in [4.78, 5) is 30.9. The highest BCUT2D eigenvalue weighted by Gasteiger charge is 2.44. The molecule has 0 aliphatic carbocycles. The standard InChI is InChI=1S/C17H18N2O3S/c1-12-18-11-14(23-12)15(20)19-9-7-17(8-10-19,16(21)22)13-5-3-2-4-6-13/h2-6,11H,7-10H2,1H3,(H,21,22). The van der Waals surface area contributed by atoms with E-state index in [0.717, 1.165) is 10.6 Å². The van der Waals surface area contributed by atoms with Crippen LogP contribution in [0.3, 0.4) is 0 Å². The monoisotopic (exact) mass is 330 g/mol. The number of amides is 1. The van der Waals surface area contributed by atoms with Crippen LogP contribution in [-0.4, -0.2) is 40.0 Å². The summed E-state index contributed by atoms with van der Waals surface area (Å²) >= 11 is 1.37. The zero-order valence-electron chi connectivity index (χ0n) is 12.9. The average molecular weight is 330 g/mol. The van der Waals surface area contributed by atoms with E-state index in [9.17, 15) is 14.7 Å². The molecule has 1 aliphatic rings. The van der Waals surface area contributed by atoms with Gasteiger partial charge in [0.25, 0.3) is 5.91 Å². The van der Waals surface area contributed by atoms with Gasteiger partial charge in [-0.15, -0.1) is 11.3 Å². The van der Waals surface area contributed by atoms with E-state index in [1.807, 2.05) is 37.3 Å². The van der Waals surface area contributed by atoms with Crippen molar-refractivity contribution < 1.29 is 14.7 Å². The van der Waals surface area contributed by atoms with Gasteiger partial charge in [-0.3, -0.25) is 9.59 Å². The second-order valence-corrected chi connectivity index (χ2v) is 7.02. The molecule has 1 N–H and O–H groups in total. The van der Waals surface area contributed by atoms with Crippen molar-refractivity contribution in [1.29, 1.82) is 0 Å². The van der Waals surface area contributed by atoms with Crippen molar-refractivity contribution in [3.63, 3.8) is 0 Å². The molecule has 0 spiro atoms. The highest BCUT2D eigenvalue weighted by Crippen LogP contribution is 2.36. The summed E-state index contributed by atoms with van der Waals surface area (Å²) in [5.41, 5.74) is -0.0880. The van der Waals surface area contributed by atoms with Crippen LogP contribution in [0, 0.1) is 6.92 Å². The van der Waals surface area contributed by atoms with Crippen LogP contribution < -0.4 is 0 Å². The van der Waals surface area contributed by atoms with E-state index < -0.39 is 11.4 Å². The fraction of sp³-hybridized carbons (Fsp3) is 0.353. The smallest absolute Gasteiger partial charge is 0.314 e. The highest BCUT2D eigenvalue weighted by atomic mass is 32.1. The Kier molecular flexibility index (Phi) is 4.17. The minimum absolute atomic E-state index is 0.0531. The summed E-state index contributed by atoms with van der Waals surface area (Å²) < 4.78 is 0. The molecule has 1 aliphatic heterocycles. The largest absolute Gasteiger partial charge is 0.481 e. The number of nitrogens with zero attached hydrogens (tertiary/aromatic N) is 2. The lowest BCUT2D eigenvalue weighted by Crippen LogP contribution is -2.49. The van der Waals surface area contributed by atoms with Crippen molar-refractivity contribution in [1.82, 2.24) is 9.88 Å². The molecule has 120 valence electrons. The Labute approximate surface area is 138 Å². The van der Waals surface area contributed by atoms with Gasteiger partial charge in [0, 0.05) is 13.1 Å². The van der Waals surface area contributed by atoms with E-state index in [4.69, 9.17) is 0 Å². The fourth-order valence-electron chi connectivity index (χ4n) is 3.09. The number of carbonyl (C=O) groups is 2. The molecular weight excluding hydrogens is 312 g/mol. The van der Waals surface area contributed by atoms with Gasteiger partial charge >= 0.3 is 5.97 Å². The Hall–Kier alpha value is -2.21. The topological polar surface area (TPSA) is 70.5 Å². The lowest BCUT2D eigenvalue weighted by atomic mass is 9.73. The maximum Gasteiger partial charge on any atom is 0.314 e. The molecule has 0 atom stereocenters. The van der Waals surface area contributed by atoms with Crippen molar-refractivity contribution in [2.45, 2.75) is 25.2 Å². The number of rotatable bonds is 3. The summed E-state index contributed by atoms with van der Waals surface area (Å²) in [7, 11) is 0. The number of piperidine rings is 1. The first-order valence-corrected chi connectivity index (χ1v) is 8.35. The number of likely N-dealkylation sites (tertiary alicyclic amines) is 1. The van der Waals surface area contributed by atoms with Crippen LogP contribution in [-0.2, 0) is 10.2 Å². The van der Waals surface area contributed by atoms with Crippen molar-refractivity contribution in [2.24, 2.45) is 0 Å². The first-order valence-electron chi connectivity index (χ1n) is 7.53. The zero-order chi connectivity index (χ0) is 16.4. The highest BCUT2D eigenvalue weighted by molar-refractivity contribution is 7.13. The number of benzene rings is 1. The number of hydrogen-bond donors (Lipinski definition) is 1. The molecule has 0 unspecified atom stereocenters. The van der Waals surface area contributed by atoms with Crippen molar-refractivity contribution in [2.75, 3.05) is 13.1 Å². The first kappa shape index (κ1) is 15.7. The molecule has 1 amide bonds. The number of carboxylic acids is 1. The molecule has 5 nitrogen and oxygen atoms in total. The summed E-state index contributed by atoms with van der Waals surface area (Å²) in [5.74, 6) is -0.868. The van der Waals surface area contributed by atoms with E-state index in [1.165, 1.54) is 11.3 Å². The summed E-state index contributed by atoms with van der Waals surface area (Å²) in [6.45, 7) is 2.75. The predicted molar refractivity (Wildman–Crippen MR) is 87.7 cm³/mol. The minimum Gasteiger partial charge on any atom is -0.481 e. The van der Waals surface area contributed by atoms with Crippen molar-refractivity contribution in [3.8, 4) is 0 Å². The summed E-state index contributed by atoms with van der Waals surface area (Å²) in [6.07, 6.45) is 2.45. The van der Waals surface area contributed by atoms with Gasteiger partial charge in [-0.1, -0.05) is 30.3 Å². The van der Waals surface area contributed by atoms with Crippen molar-refractivity contribution in [3.05, 3.63) is 52.0 Å². The number of aliphatic carboxylic acids is 1. The predicted octanol–water partition coefficient (Wildman–Crippen LogP) is 2.71. The molecule has 1 fully saturated rings. The van der Waals surface area contributed by atoms with Crippen molar-refractivity contribution >= 4 is 23.2 Å². The van der Waals surface area contributed by atoms with Crippen LogP contribution in [0.5, 0.6) is 0 Å². The van der Waals surface area contributed by atoms with Gasteiger partial charge in [0.05, 0.1) is 16.6 Å². The molecule has 1 saturated heterocycles. The average Bonchev–Trinajstić information content (AvgIpc) is 3.01. The molecule has 0 bridgehead atoms. The Bertz CT molecular complexity index is 718. The molecule has 6 heteroatoms. The Morgan fingerprint density at radius 3 is 2.39 bits per heavy atom. The molecular formula is C17H18N2O3S. The van der Waals surface area contributed by atoms with Gasteiger partial charge in [0.2, 0.25) is 0 Å². The molecule has 2 aromatic rings. The van der Waals surface area contributed by atoms with Crippen LogP contribution in [0.15, 0.2) is 36.5 Å². The molecule has 3 rings (SSSR count). The van der Waals surface area contributed by atoms with Gasteiger partial charge < -0.3 is 10.0 Å². The number of aromatic nitrogens is 1. The minimum atomic E-state index is -0.901. The van der Waals surface area contributed by atoms with E-state index in [2.05, 4.69) is 4.98 Å². The van der Waals surface area contributed by atoms with E-state index in [-0.39, 0.29) is 5.91 Å². The Morgan fingerprint density at radius 1 is 1.22 bits per heavy atom. The van der Waals surface area contributed by atoms with Crippen LogP contribution in [0.4, 0.5) is 0 Å². The van der Waals surface area contributed by atoms with Gasteiger partial charge in [-0.2, -0.15) is 0 Å². The number of carbonyl (C=O) groups excluding carboxylic acids is 1. The van der Waals surface area contributed by atoms with Gasteiger partial charge in [0.15, 0.2) is 0 Å². The molecule has 23 heavy (non-hydrogen) atoms. The molecule has 2 heterocycles. The number of thiazole rings is 1. The maximum atomic E-state index is 12.5. The molecule has 0 saturated carbocycles. The third-order valence-corrected chi connectivity index (χ3v) is 5.37. The summed E-state index contributed by atoms with van der Waals surface area (Å²) in [6, 6.07) is 9.31. The third kappa shape index (κ3) is 2.86. The molecule has 0 radical (unpaired) electrons. The molecule has 1 aromatic carbocycles. The number of hydrogen-bond acceptors (Lipinski definition) is 4. The van der Waals surface area contributed by atoms with Crippen LogP contribution in [0.25, 0.3) is 0 Å². The number of carboxylic acid groups (broad SMARTS) is 1. The quantitative estimate of drug-likeness (QED) is 0.939. The van der Waals surface area contributed by atoms with Gasteiger partial charge in [-0.25, -0.2) is 4.98 Å². The fourth-order valence-corrected chi connectivity index (χ4v) is 3.84. The third-order valence-electron chi connectivity index (χ3n) is 4.47. The molecule has 1 aromatic heterocycles. The van der Waals surface area contributed by atoms with E-state index in [0.29, 0.717) is 30.8 Å². The van der Waals surface area contributed by atoms with Crippen LogP contribution in [0.1, 0.15) is 33.1 Å². The zero-order valence-corrected chi connectivity index (χ0v) is 13.7.